The number of nitrogens with one attached hydrogen (secondary N) is 2. The standard InChI is InChI=1S/C26H31N5O3/c1-17-22(14-18(16-32)15-27-17)19-8-10-21(11-9-19)29-26(34)24(20-6-4-3-5-7-20)30-25(33)23-12-13-28-31(23)2/h8-15,20,24,32H,3-7,16H2,1-2H3,(H,29,34)(H,30,33)/t24-/m0/s1. The molecule has 0 bridgehead atoms. The molecule has 2 aromatic heterocycles. The molecule has 3 N–H and O–H groups in total. The maximum Gasteiger partial charge on any atom is 0.270 e. The van der Waals surface area contributed by atoms with Crippen LogP contribution in [0.2, 0.25) is 0 Å². The molecule has 2 heterocycles. The first-order chi connectivity index (χ1) is 16.5. The van der Waals surface area contributed by atoms with Crippen LogP contribution in [0.15, 0.2) is 48.8 Å². The molecule has 3 aromatic rings. The van der Waals surface area contributed by atoms with Crippen LogP contribution in [0.4, 0.5) is 5.69 Å². The van der Waals surface area contributed by atoms with E-state index in [1.54, 1.807) is 25.5 Å². The normalized spacial score (nSPS) is 15.0. The first-order valence-corrected chi connectivity index (χ1v) is 11.7. The highest BCUT2D eigenvalue weighted by Gasteiger charge is 2.31. The number of anilines is 1. The predicted octanol–water partition coefficient (Wildman–Crippen LogP) is 3.60. The van der Waals surface area contributed by atoms with Crippen molar-refractivity contribution in [2.75, 3.05) is 5.32 Å². The van der Waals surface area contributed by atoms with E-state index in [0.717, 1.165) is 54.5 Å². The van der Waals surface area contributed by atoms with Crippen LogP contribution in [0.25, 0.3) is 11.1 Å². The van der Waals surface area contributed by atoms with Gasteiger partial charge >= 0.3 is 0 Å². The van der Waals surface area contributed by atoms with Crippen molar-refractivity contribution in [3.05, 3.63) is 65.7 Å². The van der Waals surface area contributed by atoms with E-state index < -0.39 is 6.04 Å². The molecule has 1 atom stereocenters. The van der Waals surface area contributed by atoms with Gasteiger partial charge in [0.1, 0.15) is 11.7 Å². The summed E-state index contributed by atoms with van der Waals surface area (Å²) in [7, 11) is 1.71. The van der Waals surface area contributed by atoms with Crippen molar-refractivity contribution in [1.29, 1.82) is 0 Å². The number of hydrogen-bond acceptors (Lipinski definition) is 5. The molecule has 0 radical (unpaired) electrons. The third-order valence-electron chi connectivity index (χ3n) is 6.53. The summed E-state index contributed by atoms with van der Waals surface area (Å²) in [4.78, 5) is 30.5. The molecule has 1 saturated carbocycles. The highest BCUT2D eigenvalue weighted by Crippen LogP contribution is 2.28. The van der Waals surface area contributed by atoms with Gasteiger partial charge in [-0.25, -0.2) is 0 Å². The van der Waals surface area contributed by atoms with E-state index in [1.807, 2.05) is 37.3 Å². The second kappa shape index (κ2) is 10.6. The topological polar surface area (TPSA) is 109 Å². The lowest BCUT2D eigenvalue weighted by Gasteiger charge is -2.30. The average Bonchev–Trinajstić information content (AvgIpc) is 3.29. The molecule has 0 unspecified atom stereocenters. The van der Waals surface area contributed by atoms with Crippen LogP contribution >= 0.6 is 0 Å². The van der Waals surface area contributed by atoms with Crippen LogP contribution in [0.1, 0.15) is 53.8 Å². The van der Waals surface area contributed by atoms with Gasteiger partial charge in [0.2, 0.25) is 5.91 Å². The number of aromatic nitrogens is 3. The summed E-state index contributed by atoms with van der Waals surface area (Å²) < 4.78 is 1.51. The molecule has 0 saturated heterocycles. The van der Waals surface area contributed by atoms with Crippen molar-refractivity contribution in [3.8, 4) is 11.1 Å². The smallest absolute Gasteiger partial charge is 0.270 e. The molecule has 178 valence electrons. The zero-order valence-corrected chi connectivity index (χ0v) is 19.6. The Labute approximate surface area is 199 Å². The lowest BCUT2D eigenvalue weighted by Crippen LogP contribution is -2.49. The minimum atomic E-state index is -0.616. The molecule has 1 fully saturated rings. The van der Waals surface area contributed by atoms with Gasteiger partial charge in [0, 0.05) is 36.4 Å². The molecule has 1 aromatic carbocycles. The fourth-order valence-electron chi connectivity index (χ4n) is 4.59. The molecule has 34 heavy (non-hydrogen) atoms. The van der Waals surface area contributed by atoms with Gasteiger partial charge in [-0.05, 0) is 61.1 Å². The summed E-state index contributed by atoms with van der Waals surface area (Å²) >= 11 is 0. The molecule has 1 aliphatic rings. The van der Waals surface area contributed by atoms with E-state index >= 15 is 0 Å². The van der Waals surface area contributed by atoms with Gasteiger partial charge in [-0.1, -0.05) is 31.4 Å². The molecule has 0 aliphatic heterocycles. The number of benzene rings is 1. The quantitative estimate of drug-likeness (QED) is 0.498. The maximum atomic E-state index is 13.3. The van der Waals surface area contributed by atoms with Gasteiger partial charge in [-0.2, -0.15) is 5.10 Å². The Hall–Kier alpha value is -3.52. The molecule has 0 spiro atoms. The summed E-state index contributed by atoms with van der Waals surface area (Å²) in [6, 6.07) is 10.5. The lowest BCUT2D eigenvalue weighted by molar-refractivity contribution is -0.119. The predicted molar refractivity (Wildman–Crippen MR) is 130 cm³/mol. The van der Waals surface area contributed by atoms with Crippen molar-refractivity contribution >= 4 is 17.5 Å². The summed E-state index contributed by atoms with van der Waals surface area (Å²) in [5.41, 5.74) is 4.58. The first-order valence-electron chi connectivity index (χ1n) is 11.7. The highest BCUT2D eigenvalue weighted by molar-refractivity contribution is 6.00. The van der Waals surface area contributed by atoms with Gasteiger partial charge in [0.05, 0.1) is 6.61 Å². The molecule has 2 amide bonds. The number of aryl methyl sites for hydroxylation is 2. The molecule has 4 rings (SSSR count). The van der Waals surface area contributed by atoms with Gasteiger partial charge < -0.3 is 15.7 Å². The number of pyridine rings is 1. The Morgan fingerprint density at radius 2 is 1.88 bits per heavy atom. The minimum Gasteiger partial charge on any atom is -0.392 e. The van der Waals surface area contributed by atoms with E-state index in [-0.39, 0.29) is 24.3 Å². The number of aliphatic hydroxyl groups is 1. The summed E-state index contributed by atoms with van der Waals surface area (Å²) in [5, 5.41) is 19.4. The van der Waals surface area contributed by atoms with Crippen LogP contribution < -0.4 is 10.6 Å². The largest absolute Gasteiger partial charge is 0.392 e. The van der Waals surface area contributed by atoms with Crippen molar-refractivity contribution < 1.29 is 14.7 Å². The third-order valence-corrected chi connectivity index (χ3v) is 6.53. The van der Waals surface area contributed by atoms with Gasteiger partial charge in [-0.3, -0.25) is 19.3 Å². The van der Waals surface area contributed by atoms with Crippen molar-refractivity contribution in [2.45, 2.75) is 51.7 Å². The van der Waals surface area contributed by atoms with Gasteiger partial charge in [0.15, 0.2) is 0 Å². The number of carbonyl (C=O) groups is 2. The number of aliphatic hydroxyl groups excluding tert-OH is 1. The Bertz CT molecular complexity index is 1150. The Balaban J connectivity index is 1.50. The monoisotopic (exact) mass is 461 g/mol. The summed E-state index contributed by atoms with van der Waals surface area (Å²) in [6.45, 7) is 1.85. The van der Waals surface area contributed by atoms with Gasteiger partial charge in [-0.15, -0.1) is 0 Å². The average molecular weight is 462 g/mol. The zero-order chi connectivity index (χ0) is 24.1. The Kier molecular flexibility index (Phi) is 7.37. The van der Waals surface area contributed by atoms with E-state index in [0.29, 0.717) is 11.4 Å². The van der Waals surface area contributed by atoms with Crippen molar-refractivity contribution in [3.63, 3.8) is 0 Å². The van der Waals surface area contributed by atoms with Crippen molar-refractivity contribution in [2.24, 2.45) is 13.0 Å². The van der Waals surface area contributed by atoms with Gasteiger partial charge in [0.25, 0.3) is 5.91 Å². The minimum absolute atomic E-state index is 0.0679. The summed E-state index contributed by atoms with van der Waals surface area (Å²) in [5.74, 6) is -0.414. The molecule has 8 heteroatoms. The van der Waals surface area contributed by atoms with Crippen LogP contribution in [0.5, 0.6) is 0 Å². The Morgan fingerprint density at radius 3 is 2.53 bits per heavy atom. The fraction of sp³-hybridized carbons (Fsp3) is 0.385. The molecule has 8 nitrogen and oxygen atoms in total. The summed E-state index contributed by atoms with van der Waals surface area (Å²) in [6.07, 6.45) is 8.34. The van der Waals surface area contributed by atoms with Crippen LogP contribution in [-0.4, -0.2) is 37.7 Å². The number of amides is 2. The SMILES string of the molecule is Cc1ncc(CO)cc1-c1ccc(NC(=O)[C@@H](NC(=O)c2ccnn2C)C2CCCCC2)cc1. The number of rotatable bonds is 7. The number of carbonyl (C=O) groups excluding carboxylic acids is 2. The van der Waals surface area contributed by atoms with E-state index in [1.165, 1.54) is 4.68 Å². The Morgan fingerprint density at radius 1 is 1.15 bits per heavy atom. The van der Waals surface area contributed by atoms with Crippen LogP contribution in [0.3, 0.4) is 0 Å². The van der Waals surface area contributed by atoms with E-state index in [9.17, 15) is 14.7 Å². The highest BCUT2D eigenvalue weighted by atomic mass is 16.3. The molecular weight excluding hydrogens is 430 g/mol. The van der Waals surface area contributed by atoms with E-state index in [2.05, 4.69) is 20.7 Å². The number of nitrogens with zero attached hydrogens (tertiary/aromatic N) is 3. The maximum absolute atomic E-state index is 13.3. The second-order valence-corrected chi connectivity index (χ2v) is 8.89. The zero-order valence-electron chi connectivity index (χ0n) is 19.6. The van der Waals surface area contributed by atoms with Crippen molar-refractivity contribution in [1.82, 2.24) is 20.1 Å². The number of hydrogen-bond donors (Lipinski definition) is 3. The van der Waals surface area contributed by atoms with E-state index in [4.69, 9.17) is 0 Å². The van der Waals surface area contributed by atoms with Crippen LogP contribution in [-0.2, 0) is 18.4 Å². The van der Waals surface area contributed by atoms with Crippen LogP contribution in [0, 0.1) is 12.8 Å². The first kappa shape index (κ1) is 23.6. The molecule has 1 aliphatic carbocycles. The second-order valence-electron chi connectivity index (χ2n) is 8.89. The third kappa shape index (κ3) is 5.34. The lowest BCUT2D eigenvalue weighted by atomic mass is 9.83. The molecular formula is C26H31N5O3. The fourth-order valence-corrected chi connectivity index (χ4v) is 4.59.